The van der Waals surface area contributed by atoms with Crippen LogP contribution in [0.5, 0.6) is 5.75 Å². The normalized spacial score (nSPS) is 11.0. The highest BCUT2D eigenvalue weighted by Crippen LogP contribution is 2.21. The van der Waals surface area contributed by atoms with Crippen LogP contribution in [0.4, 0.5) is 0 Å². The predicted octanol–water partition coefficient (Wildman–Crippen LogP) is 3.55. The maximum Gasteiger partial charge on any atom is 0.271 e. The summed E-state index contributed by atoms with van der Waals surface area (Å²) in [6.07, 6.45) is 3.49. The van der Waals surface area contributed by atoms with E-state index in [1.807, 2.05) is 30.5 Å². The fourth-order valence-electron chi connectivity index (χ4n) is 2.23. The van der Waals surface area contributed by atoms with Crippen LogP contribution < -0.4 is 10.2 Å². The SMILES string of the molecule is COc1ccc(C(=O)N/N=C\c2c[nH]c3ccccc23)cc1I. The van der Waals surface area contributed by atoms with Gasteiger partial charge in [0.1, 0.15) is 5.75 Å². The molecule has 0 atom stereocenters. The molecule has 0 aliphatic rings. The van der Waals surface area contributed by atoms with Gasteiger partial charge in [0.15, 0.2) is 0 Å². The summed E-state index contributed by atoms with van der Waals surface area (Å²) in [6, 6.07) is 13.1. The van der Waals surface area contributed by atoms with E-state index in [1.165, 1.54) is 0 Å². The molecule has 0 spiro atoms. The second-order valence-electron chi connectivity index (χ2n) is 4.84. The third-order valence-electron chi connectivity index (χ3n) is 3.40. The lowest BCUT2D eigenvalue weighted by Gasteiger charge is -2.05. The first-order chi connectivity index (χ1) is 11.2. The zero-order valence-corrected chi connectivity index (χ0v) is 14.5. The Morgan fingerprint density at radius 1 is 1.30 bits per heavy atom. The van der Waals surface area contributed by atoms with Crippen molar-refractivity contribution in [2.24, 2.45) is 5.10 Å². The van der Waals surface area contributed by atoms with E-state index in [2.05, 4.69) is 38.1 Å². The first-order valence-electron chi connectivity index (χ1n) is 6.92. The second kappa shape index (κ2) is 6.82. The number of methoxy groups -OCH3 is 1. The number of carbonyl (C=O) groups is 1. The summed E-state index contributed by atoms with van der Waals surface area (Å²) in [6.45, 7) is 0. The molecular formula is C17H14IN3O2. The molecule has 0 unspecified atom stereocenters. The minimum Gasteiger partial charge on any atom is -0.496 e. The van der Waals surface area contributed by atoms with Gasteiger partial charge in [-0.25, -0.2) is 5.43 Å². The Bertz CT molecular complexity index is 886. The number of ether oxygens (including phenoxy) is 1. The van der Waals surface area contributed by atoms with Crippen molar-refractivity contribution in [1.82, 2.24) is 10.4 Å². The zero-order chi connectivity index (χ0) is 16.2. The molecule has 0 saturated carbocycles. The van der Waals surface area contributed by atoms with E-state index in [9.17, 15) is 4.79 Å². The number of nitrogens with one attached hydrogen (secondary N) is 2. The van der Waals surface area contributed by atoms with Crippen LogP contribution in [0.25, 0.3) is 10.9 Å². The first kappa shape index (κ1) is 15.5. The van der Waals surface area contributed by atoms with Crippen LogP contribution >= 0.6 is 22.6 Å². The Hall–Kier alpha value is -2.35. The number of halogens is 1. The average molecular weight is 419 g/mol. The summed E-state index contributed by atoms with van der Waals surface area (Å²) in [5.41, 5.74) is 5.03. The van der Waals surface area contributed by atoms with Crippen LogP contribution in [0.1, 0.15) is 15.9 Å². The highest BCUT2D eigenvalue weighted by molar-refractivity contribution is 14.1. The molecule has 0 saturated heterocycles. The average Bonchev–Trinajstić information content (AvgIpc) is 2.98. The number of H-pyrrole nitrogens is 1. The molecule has 116 valence electrons. The fourth-order valence-corrected chi connectivity index (χ4v) is 2.97. The summed E-state index contributed by atoms with van der Waals surface area (Å²) < 4.78 is 6.05. The van der Waals surface area contributed by atoms with Crippen molar-refractivity contribution in [3.63, 3.8) is 0 Å². The third kappa shape index (κ3) is 3.37. The van der Waals surface area contributed by atoms with E-state index in [0.717, 1.165) is 25.8 Å². The van der Waals surface area contributed by atoms with Crippen molar-refractivity contribution in [2.45, 2.75) is 0 Å². The van der Waals surface area contributed by atoms with Gasteiger partial charge >= 0.3 is 0 Å². The monoisotopic (exact) mass is 419 g/mol. The molecule has 1 amide bonds. The number of para-hydroxylation sites is 1. The van der Waals surface area contributed by atoms with Crippen LogP contribution in [0, 0.1) is 3.57 Å². The van der Waals surface area contributed by atoms with E-state index >= 15 is 0 Å². The maximum atomic E-state index is 12.1. The van der Waals surface area contributed by atoms with E-state index in [0.29, 0.717) is 5.56 Å². The zero-order valence-electron chi connectivity index (χ0n) is 12.3. The van der Waals surface area contributed by atoms with Crippen molar-refractivity contribution in [3.8, 4) is 5.75 Å². The molecule has 23 heavy (non-hydrogen) atoms. The first-order valence-corrected chi connectivity index (χ1v) is 8.00. The number of fused-ring (bicyclic) bond motifs is 1. The molecule has 0 aliphatic carbocycles. The topological polar surface area (TPSA) is 66.5 Å². The smallest absolute Gasteiger partial charge is 0.271 e. The van der Waals surface area contributed by atoms with Gasteiger partial charge in [-0.2, -0.15) is 5.10 Å². The summed E-state index contributed by atoms with van der Waals surface area (Å²) in [4.78, 5) is 15.3. The molecule has 0 aliphatic heterocycles. The van der Waals surface area contributed by atoms with Gasteiger partial charge in [0.05, 0.1) is 16.9 Å². The van der Waals surface area contributed by atoms with Crippen LogP contribution in [0.3, 0.4) is 0 Å². The number of aromatic nitrogens is 1. The van der Waals surface area contributed by atoms with E-state index in [1.54, 1.807) is 31.5 Å². The molecular weight excluding hydrogens is 405 g/mol. The highest BCUT2D eigenvalue weighted by atomic mass is 127. The van der Waals surface area contributed by atoms with Crippen LogP contribution in [-0.2, 0) is 0 Å². The summed E-state index contributed by atoms with van der Waals surface area (Å²) >= 11 is 2.13. The minimum atomic E-state index is -0.262. The Balaban J connectivity index is 1.72. The molecule has 6 heteroatoms. The molecule has 0 radical (unpaired) electrons. The molecule has 2 N–H and O–H groups in total. The molecule has 1 heterocycles. The number of hydrazone groups is 1. The Morgan fingerprint density at radius 3 is 2.91 bits per heavy atom. The van der Waals surface area contributed by atoms with Gasteiger partial charge in [0.25, 0.3) is 5.91 Å². The molecule has 2 aromatic carbocycles. The van der Waals surface area contributed by atoms with Gasteiger partial charge < -0.3 is 9.72 Å². The summed E-state index contributed by atoms with van der Waals surface area (Å²) in [7, 11) is 1.60. The Labute approximate surface area is 146 Å². The van der Waals surface area contributed by atoms with Gasteiger partial charge in [-0.1, -0.05) is 18.2 Å². The summed E-state index contributed by atoms with van der Waals surface area (Å²) in [5, 5.41) is 5.09. The third-order valence-corrected chi connectivity index (χ3v) is 4.25. The number of benzene rings is 2. The van der Waals surface area contributed by atoms with Crippen molar-refractivity contribution in [1.29, 1.82) is 0 Å². The number of hydrogen-bond donors (Lipinski definition) is 2. The van der Waals surface area contributed by atoms with Gasteiger partial charge in [0.2, 0.25) is 0 Å². The lowest BCUT2D eigenvalue weighted by molar-refractivity contribution is 0.0955. The van der Waals surface area contributed by atoms with Crippen molar-refractivity contribution >= 4 is 45.6 Å². The maximum absolute atomic E-state index is 12.1. The molecule has 0 fully saturated rings. The van der Waals surface area contributed by atoms with Crippen molar-refractivity contribution in [3.05, 3.63) is 63.4 Å². The largest absolute Gasteiger partial charge is 0.496 e. The Kier molecular flexibility index (Phi) is 4.61. The number of carbonyl (C=O) groups excluding carboxylic acids is 1. The quantitative estimate of drug-likeness (QED) is 0.386. The van der Waals surface area contributed by atoms with Crippen molar-refractivity contribution in [2.75, 3.05) is 7.11 Å². The lowest BCUT2D eigenvalue weighted by Crippen LogP contribution is -2.17. The van der Waals surface area contributed by atoms with Crippen molar-refractivity contribution < 1.29 is 9.53 Å². The molecule has 5 nitrogen and oxygen atoms in total. The molecule has 3 rings (SSSR count). The Morgan fingerprint density at radius 2 is 2.13 bits per heavy atom. The standard InChI is InChI=1S/C17H14IN3O2/c1-23-16-7-6-11(8-14(16)18)17(22)21-20-10-12-9-19-15-5-3-2-4-13(12)15/h2-10,19H,1H3,(H,21,22)/b20-10-. The molecule has 0 bridgehead atoms. The second-order valence-corrected chi connectivity index (χ2v) is 6.00. The highest BCUT2D eigenvalue weighted by Gasteiger charge is 2.08. The predicted molar refractivity (Wildman–Crippen MR) is 99.1 cm³/mol. The molecule has 3 aromatic rings. The van der Waals surface area contributed by atoms with Crippen LogP contribution in [-0.4, -0.2) is 24.2 Å². The van der Waals surface area contributed by atoms with Crippen LogP contribution in [0.2, 0.25) is 0 Å². The fraction of sp³-hybridized carbons (Fsp3) is 0.0588. The van der Waals surface area contributed by atoms with E-state index in [4.69, 9.17) is 4.74 Å². The summed E-state index contributed by atoms with van der Waals surface area (Å²) in [5.74, 6) is 0.478. The minimum absolute atomic E-state index is 0.262. The number of nitrogens with zero attached hydrogens (tertiary/aromatic N) is 1. The van der Waals surface area contributed by atoms with Crippen LogP contribution in [0.15, 0.2) is 53.8 Å². The molecule has 1 aromatic heterocycles. The van der Waals surface area contributed by atoms with E-state index in [-0.39, 0.29) is 5.91 Å². The number of amides is 1. The van der Waals surface area contributed by atoms with Gasteiger partial charge in [-0.05, 0) is 46.9 Å². The van der Waals surface area contributed by atoms with E-state index < -0.39 is 0 Å². The number of aromatic amines is 1. The number of hydrogen-bond acceptors (Lipinski definition) is 3. The van der Waals surface area contributed by atoms with Gasteiger partial charge in [-0.15, -0.1) is 0 Å². The van der Waals surface area contributed by atoms with Gasteiger partial charge in [0, 0.05) is 28.2 Å². The van der Waals surface area contributed by atoms with Gasteiger partial charge in [-0.3, -0.25) is 4.79 Å². The number of rotatable bonds is 4. The lowest BCUT2D eigenvalue weighted by atomic mass is 10.2.